The van der Waals surface area contributed by atoms with Gasteiger partial charge in [-0.1, -0.05) is 38.1 Å². The molecule has 0 atom stereocenters. The molecule has 0 saturated carbocycles. The molecule has 6 aromatic rings. The third kappa shape index (κ3) is 7.23. The smallest absolute Gasteiger partial charge is 0.329 e. The zero-order valence-corrected chi connectivity index (χ0v) is 32.1. The van der Waals surface area contributed by atoms with E-state index in [1.54, 1.807) is 18.1 Å². The van der Waals surface area contributed by atoms with Crippen LogP contribution in [0.1, 0.15) is 84.7 Å². The molecular weight excluding hydrogens is 718 g/mol. The number of aromatic nitrogens is 7. The van der Waals surface area contributed by atoms with Gasteiger partial charge in [-0.05, 0) is 91.7 Å². The quantitative estimate of drug-likeness (QED) is 0.200. The Bertz CT molecular complexity index is 2490. The number of amides is 4. The van der Waals surface area contributed by atoms with Crippen LogP contribution in [0.4, 0.5) is 15.0 Å². The zero-order valence-electron chi connectivity index (χ0n) is 32.1. The molecule has 0 bridgehead atoms. The summed E-state index contributed by atoms with van der Waals surface area (Å²) in [5, 5.41) is 18.6. The van der Waals surface area contributed by atoms with Crippen molar-refractivity contribution in [1.29, 1.82) is 0 Å². The maximum Gasteiger partial charge on any atom is 0.329 e. The van der Waals surface area contributed by atoms with Crippen molar-refractivity contribution >= 4 is 40.1 Å². The molecule has 4 amide bonds. The fraction of sp³-hybridized carbons (Fsp3) is 0.400. The van der Waals surface area contributed by atoms with E-state index < -0.39 is 11.9 Å². The Kier molecular flexibility index (Phi) is 9.60. The molecule has 16 heteroatoms. The molecule has 4 aromatic heterocycles. The van der Waals surface area contributed by atoms with Crippen LogP contribution in [0.3, 0.4) is 0 Å². The van der Waals surface area contributed by atoms with Crippen molar-refractivity contribution in [3.8, 4) is 11.3 Å². The summed E-state index contributed by atoms with van der Waals surface area (Å²) < 4.78 is 24.5. The highest BCUT2D eigenvalue weighted by molar-refractivity contribution is 6.08. The van der Waals surface area contributed by atoms with Crippen molar-refractivity contribution in [1.82, 2.24) is 50.1 Å². The van der Waals surface area contributed by atoms with Crippen molar-refractivity contribution in [2.75, 3.05) is 31.1 Å². The average Bonchev–Trinajstić information content (AvgIpc) is 3.91. The van der Waals surface area contributed by atoms with E-state index in [1.165, 1.54) is 11.0 Å². The van der Waals surface area contributed by atoms with E-state index in [9.17, 15) is 14.4 Å². The van der Waals surface area contributed by atoms with E-state index in [0.717, 1.165) is 77.9 Å². The lowest BCUT2D eigenvalue weighted by atomic mass is 9.88. The Hall–Kier alpha value is -6.03. The topological polar surface area (TPSA) is 169 Å². The molecule has 0 unspecified atom stereocenters. The van der Waals surface area contributed by atoms with Gasteiger partial charge in [0.1, 0.15) is 12.1 Å². The number of likely N-dealkylation sites (tertiary alicyclic amines) is 1. The SMILES string of the molecule is Cc1cc(-c2ncnn3cc(CCN4CCC(c5cc6c(cc5F)c(N5CCC(=O)NC5=O)nn6C)CC4)cc23)ccc1CNC(=O)c1noc(C(C)(C)C)n1. The summed E-state index contributed by atoms with van der Waals surface area (Å²) in [6.45, 7) is 10.9. The first-order valence-electron chi connectivity index (χ1n) is 18.9. The van der Waals surface area contributed by atoms with Crippen LogP contribution in [0.2, 0.25) is 0 Å². The van der Waals surface area contributed by atoms with Crippen molar-refractivity contribution < 1.29 is 23.3 Å². The minimum Gasteiger partial charge on any atom is -0.345 e. The molecule has 2 aliphatic heterocycles. The molecule has 2 fully saturated rings. The van der Waals surface area contributed by atoms with Crippen LogP contribution in [0.25, 0.3) is 27.7 Å². The highest BCUT2D eigenvalue weighted by Gasteiger charge is 2.30. The van der Waals surface area contributed by atoms with Gasteiger partial charge in [0.25, 0.3) is 11.7 Å². The van der Waals surface area contributed by atoms with Gasteiger partial charge in [0.15, 0.2) is 5.82 Å². The molecule has 2 saturated heterocycles. The summed E-state index contributed by atoms with van der Waals surface area (Å²) in [6, 6.07) is 11.0. The number of aryl methyl sites for hydroxylation is 2. The van der Waals surface area contributed by atoms with E-state index in [0.29, 0.717) is 29.2 Å². The van der Waals surface area contributed by atoms with E-state index in [4.69, 9.17) is 4.52 Å². The lowest BCUT2D eigenvalue weighted by Gasteiger charge is -2.32. The number of rotatable bonds is 9. The van der Waals surface area contributed by atoms with E-state index >= 15 is 4.39 Å². The van der Waals surface area contributed by atoms with Gasteiger partial charge in [-0.2, -0.15) is 15.2 Å². The number of nitrogens with zero attached hydrogens (tertiary/aromatic N) is 9. The Balaban J connectivity index is 0.886. The number of urea groups is 1. The number of carbonyl (C=O) groups excluding carboxylic acids is 3. The van der Waals surface area contributed by atoms with E-state index in [1.807, 2.05) is 56.6 Å². The van der Waals surface area contributed by atoms with Crippen LogP contribution in [-0.4, -0.2) is 83.4 Å². The first-order valence-corrected chi connectivity index (χ1v) is 18.9. The largest absolute Gasteiger partial charge is 0.345 e. The van der Waals surface area contributed by atoms with E-state index in [-0.39, 0.29) is 41.8 Å². The van der Waals surface area contributed by atoms with Crippen molar-refractivity contribution in [2.24, 2.45) is 7.05 Å². The van der Waals surface area contributed by atoms with Crippen LogP contribution in [0.15, 0.2) is 53.4 Å². The van der Waals surface area contributed by atoms with E-state index in [2.05, 4.69) is 53.0 Å². The molecule has 290 valence electrons. The van der Waals surface area contributed by atoms with Crippen molar-refractivity contribution in [2.45, 2.75) is 71.3 Å². The number of fused-ring (bicyclic) bond motifs is 2. The fourth-order valence-corrected chi connectivity index (χ4v) is 7.57. The van der Waals surface area contributed by atoms with Gasteiger partial charge < -0.3 is 14.7 Å². The number of hydrogen-bond donors (Lipinski definition) is 2. The summed E-state index contributed by atoms with van der Waals surface area (Å²) >= 11 is 0. The predicted molar refractivity (Wildman–Crippen MR) is 206 cm³/mol. The Labute approximate surface area is 322 Å². The number of imide groups is 1. The van der Waals surface area contributed by atoms with Gasteiger partial charge >= 0.3 is 6.03 Å². The van der Waals surface area contributed by atoms with Crippen LogP contribution in [0, 0.1) is 12.7 Å². The molecule has 0 radical (unpaired) electrons. The standard InChI is InChI=1S/C40H44FN11O4/c1-23-16-26(6-7-27(23)20-42-37(54)35-46-38(56-48-35)40(2,3)4)34-32-17-24(21-52(32)44-22-43-34)8-12-50-13-9-25(10-14-50)28-19-31-29(18-30(28)41)36(47-49(31)5)51-15-11-33(53)45-39(51)55/h6-7,16-19,21-22,25H,8-15,20H2,1-5H3,(H,42,54)(H,45,53,55). The highest BCUT2D eigenvalue weighted by atomic mass is 19.1. The average molecular weight is 762 g/mol. The maximum atomic E-state index is 15.7. The van der Waals surface area contributed by atoms with Crippen LogP contribution in [0.5, 0.6) is 0 Å². The highest BCUT2D eigenvalue weighted by Crippen LogP contribution is 2.36. The van der Waals surface area contributed by atoms with Crippen LogP contribution < -0.4 is 15.5 Å². The number of carbonyl (C=O) groups is 3. The number of nitrogens with one attached hydrogen (secondary N) is 2. The number of hydrogen-bond acceptors (Lipinski definition) is 10. The number of benzene rings is 2. The molecule has 0 aliphatic carbocycles. The first kappa shape index (κ1) is 36.9. The van der Waals surface area contributed by atoms with Crippen molar-refractivity contribution in [3.63, 3.8) is 0 Å². The zero-order chi connectivity index (χ0) is 39.3. The number of halogens is 1. The molecule has 6 heterocycles. The Morgan fingerprint density at radius 3 is 2.61 bits per heavy atom. The molecule has 2 aliphatic rings. The Morgan fingerprint density at radius 1 is 1.07 bits per heavy atom. The van der Waals surface area contributed by atoms with Crippen LogP contribution >= 0.6 is 0 Å². The van der Waals surface area contributed by atoms with Gasteiger partial charge in [-0.15, -0.1) is 0 Å². The second kappa shape index (κ2) is 14.6. The maximum absolute atomic E-state index is 15.7. The minimum atomic E-state index is -0.543. The summed E-state index contributed by atoms with van der Waals surface area (Å²) in [5.74, 6) is -0.182. The molecule has 2 N–H and O–H groups in total. The monoisotopic (exact) mass is 761 g/mol. The third-order valence-corrected chi connectivity index (χ3v) is 10.8. The van der Waals surface area contributed by atoms with Gasteiger partial charge in [-0.25, -0.2) is 18.7 Å². The fourth-order valence-electron chi connectivity index (χ4n) is 7.57. The second-order valence-electron chi connectivity index (χ2n) is 15.7. The summed E-state index contributed by atoms with van der Waals surface area (Å²) in [6.07, 6.45) is 6.26. The number of piperidine rings is 1. The summed E-state index contributed by atoms with van der Waals surface area (Å²) in [4.78, 5) is 49.5. The molecule has 56 heavy (non-hydrogen) atoms. The molecule has 0 spiro atoms. The van der Waals surface area contributed by atoms with Gasteiger partial charge in [-0.3, -0.25) is 24.5 Å². The lowest BCUT2D eigenvalue weighted by molar-refractivity contribution is -0.120. The predicted octanol–water partition coefficient (Wildman–Crippen LogP) is 5.21. The van der Waals surface area contributed by atoms with Crippen molar-refractivity contribution in [3.05, 3.63) is 88.7 Å². The molecule has 15 nitrogen and oxygen atoms in total. The third-order valence-electron chi connectivity index (χ3n) is 10.8. The van der Waals surface area contributed by atoms with Gasteiger partial charge in [0, 0.05) is 55.7 Å². The summed E-state index contributed by atoms with van der Waals surface area (Å²) in [7, 11) is 1.78. The lowest BCUT2D eigenvalue weighted by Crippen LogP contribution is -2.49. The number of anilines is 1. The normalized spacial score (nSPS) is 15.9. The van der Waals surface area contributed by atoms with Gasteiger partial charge in [0.2, 0.25) is 11.8 Å². The molecule has 8 rings (SSSR count). The van der Waals surface area contributed by atoms with Gasteiger partial charge in [0.05, 0.1) is 16.7 Å². The second-order valence-corrected chi connectivity index (χ2v) is 15.7. The molecular formula is C40H44FN11O4. The minimum absolute atomic E-state index is 0.0128. The summed E-state index contributed by atoms with van der Waals surface area (Å²) in [5.41, 5.74) is 6.87. The van der Waals surface area contributed by atoms with Crippen LogP contribution in [-0.2, 0) is 30.2 Å². The Morgan fingerprint density at radius 2 is 1.88 bits per heavy atom. The first-order chi connectivity index (χ1) is 26.8. The molecule has 2 aromatic carbocycles.